The van der Waals surface area contributed by atoms with E-state index in [-0.39, 0.29) is 23.2 Å². The lowest BCUT2D eigenvalue weighted by Gasteiger charge is -2.47. The second-order valence-electron chi connectivity index (χ2n) is 8.12. The van der Waals surface area contributed by atoms with E-state index in [0.29, 0.717) is 12.4 Å². The van der Waals surface area contributed by atoms with Gasteiger partial charge in [-0.25, -0.2) is 4.79 Å². The average Bonchev–Trinajstić information content (AvgIpc) is 2.94. The molecule has 1 N–H and O–H groups in total. The lowest BCUT2D eigenvalue weighted by atomic mass is 9.56. The summed E-state index contributed by atoms with van der Waals surface area (Å²) in [7, 11) is 1.72. The maximum absolute atomic E-state index is 12.0. The number of ether oxygens (including phenoxy) is 2. The fourth-order valence-electron chi connectivity index (χ4n) is 5.32. The molecule has 0 amide bonds. The highest BCUT2D eigenvalue weighted by Gasteiger charge is 2.50. The smallest absolute Gasteiger partial charge is 0.334 e. The molecule has 2 aliphatic carbocycles. The van der Waals surface area contributed by atoms with E-state index in [1.54, 1.807) is 7.11 Å². The summed E-state index contributed by atoms with van der Waals surface area (Å²) in [5.74, 6) is 1.72. The number of carbonyl (C=O) groups excluding carboxylic acids is 1. The second kappa shape index (κ2) is 5.52. The highest BCUT2D eigenvalue weighted by molar-refractivity contribution is 5.92. The standard InChI is InChI=1S/C21H26O4/c1-11(2)14-9-17(22)18-13(19(14)24-4)5-6-16-15-10-25-20(23)12(15)7-8-21(16,18)3/h9,11,16,22H,5-8,10H2,1-4H3. The summed E-state index contributed by atoms with van der Waals surface area (Å²) in [6, 6.07) is 1.89. The van der Waals surface area contributed by atoms with Gasteiger partial charge in [0.2, 0.25) is 0 Å². The van der Waals surface area contributed by atoms with Crippen molar-refractivity contribution in [3.63, 3.8) is 0 Å². The predicted octanol–water partition coefficient (Wildman–Crippen LogP) is 3.99. The highest BCUT2D eigenvalue weighted by atomic mass is 16.5. The maximum Gasteiger partial charge on any atom is 0.334 e. The zero-order valence-electron chi connectivity index (χ0n) is 15.4. The molecular formula is C21H26O4. The minimum absolute atomic E-state index is 0.139. The number of aromatic hydroxyl groups is 1. The van der Waals surface area contributed by atoms with E-state index in [1.807, 2.05) is 6.07 Å². The fraction of sp³-hybridized carbons (Fsp3) is 0.571. The maximum atomic E-state index is 12.0. The molecule has 4 nitrogen and oxygen atoms in total. The molecule has 4 heteroatoms. The summed E-state index contributed by atoms with van der Waals surface area (Å²) in [5, 5.41) is 10.9. The molecule has 0 saturated carbocycles. The van der Waals surface area contributed by atoms with Crippen molar-refractivity contribution in [1.29, 1.82) is 0 Å². The largest absolute Gasteiger partial charge is 0.508 e. The molecule has 2 atom stereocenters. The highest BCUT2D eigenvalue weighted by Crippen LogP contribution is 2.57. The first-order valence-electron chi connectivity index (χ1n) is 9.20. The van der Waals surface area contributed by atoms with Crippen molar-refractivity contribution in [1.82, 2.24) is 0 Å². The van der Waals surface area contributed by atoms with Gasteiger partial charge < -0.3 is 14.6 Å². The third-order valence-corrected chi connectivity index (χ3v) is 6.54. The van der Waals surface area contributed by atoms with Crippen LogP contribution >= 0.6 is 0 Å². The van der Waals surface area contributed by atoms with Gasteiger partial charge in [0.25, 0.3) is 0 Å². The number of phenolic OH excluding ortho intramolecular Hbond substituents is 1. The van der Waals surface area contributed by atoms with Gasteiger partial charge in [-0.3, -0.25) is 0 Å². The summed E-state index contributed by atoms with van der Waals surface area (Å²) in [5.41, 5.74) is 5.12. The number of carbonyl (C=O) groups is 1. The minimum Gasteiger partial charge on any atom is -0.508 e. The average molecular weight is 342 g/mol. The Hall–Kier alpha value is -1.97. The van der Waals surface area contributed by atoms with Crippen LogP contribution in [0.15, 0.2) is 17.2 Å². The van der Waals surface area contributed by atoms with Gasteiger partial charge in [0.1, 0.15) is 18.1 Å². The summed E-state index contributed by atoms with van der Waals surface area (Å²) < 4.78 is 11.1. The Kier molecular flexibility index (Phi) is 3.64. The van der Waals surface area contributed by atoms with Gasteiger partial charge in [-0.1, -0.05) is 20.8 Å². The van der Waals surface area contributed by atoms with Gasteiger partial charge in [0.05, 0.1) is 7.11 Å². The lowest BCUT2D eigenvalue weighted by molar-refractivity contribution is -0.136. The first kappa shape index (κ1) is 16.5. The van der Waals surface area contributed by atoms with E-state index in [9.17, 15) is 9.90 Å². The van der Waals surface area contributed by atoms with Crippen LogP contribution in [0.4, 0.5) is 0 Å². The fourth-order valence-corrected chi connectivity index (χ4v) is 5.32. The molecule has 0 saturated heterocycles. The molecule has 3 aliphatic rings. The normalized spacial score (nSPS) is 27.7. The Bertz CT molecular complexity index is 790. The van der Waals surface area contributed by atoms with Gasteiger partial charge in [-0.05, 0) is 49.2 Å². The van der Waals surface area contributed by atoms with Gasteiger partial charge in [-0.15, -0.1) is 0 Å². The van der Waals surface area contributed by atoms with Crippen LogP contribution in [0.3, 0.4) is 0 Å². The molecule has 1 heterocycles. The second-order valence-corrected chi connectivity index (χ2v) is 8.12. The van der Waals surface area contributed by atoms with Gasteiger partial charge >= 0.3 is 5.97 Å². The zero-order valence-corrected chi connectivity index (χ0v) is 15.4. The third-order valence-electron chi connectivity index (χ3n) is 6.54. The topological polar surface area (TPSA) is 55.8 Å². The number of hydrogen-bond acceptors (Lipinski definition) is 4. The molecule has 1 aromatic carbocycles. The van der Waals surface area contributed by atoms with Crippen LogP contribution in [-0.2, 0) is 21.4 Å². The van der Waals surface area contributed by atoms with Crippen molar-refractivity contribution in [3.8, 4) is 11.5 Å². The van der Waals surface area contributed by atoms with Crippen molar-refractivity contribution in [2.24, 2.45) is 5.92 Å². The molecule has 0 bridgehead atoms. The lowest BCUT2D eigenvalue weighted by Crippen LogP contribution is -2.41. The molecule has 2 unspecified atom stereocenters. The van der Waals surface area contributed by atoms with Crippen LogP contribution in [0.2, 0.25) is 0 Å². The summed E-state index contributed by atoms with van der Waals surface area (Å²) >= 11 is 0. The summed E-state index contributed by atoms with van der Waals surface area (Å²) in [6.07, 6.45) is 3.42. The number of benzene rings is 1. The molecule has 1 aliphatic heterocycles. The first-order chi connectivity index (χ1) is 11.9. The van der Waals surface area contributed by atoms with Crippen LogP contribution < -0.4 is 4.74 Å². The van der Waals surface area contributed by atoms with Gasteiger partial charge in [0, 0.05) is 27.7 Å². The van der Waals surface area contributed by atoms with Crippen LogP contribution in [0.1, 0.15) is 62.6 Å². The van der Waals surface area contributed by atoms with E-state index < -0.39 is 0 Å². The Morgan fingerprint density at radius 1 is 1.36 bits per heavy atom. The van der Waals surface area contributed by atoms with Crippen LogP contribution in [-0.4, -0.2) is 24.8 Å². The van der Waals surface area contributed by atoms with E-state index in [1.165, 1.54) is 0 Å². The van der Waals surface area contributed by atoms with Crippen molar-refractivity contribution in [3.05, 3.63) is 33.9 Å². The van der Waals surface area contributed by atoms with Crippen LogP contribution in [0.5, 0.6) is 11.5 Å². The number of fused-ring (bicyclic) bond motifs is 4. The zero-order chi connectivity index (χ0) is 17.9. The quantitative estimate of drug-likeness (QED) is 0.826. The molecule has 0 aromatic heterocycles. The number of cyclic esters (lactones) is 1. The molecule has 134 valence electrons. The predicted molar refractivity (Wildman–Crippen MR) is 95.1 cm³/mol. The van der Waals surface area contributed by atoms with E-state index in [4.69, 9.17) is 9.47 Å². The first-order valence-corrected chi connectivity index (χ1v) is 9.20. The van der Waals surface area contributed by atoms with Gasteiger partial charge in [-0.2, -0.15) is 0 Å². The molecule has 0 fully saturated rings. The Balaban J connectivity index is 1.90. The number of hydrogen-bond donors (Lipinski definition) is 1. The van der Waals surface area contributed by atoms with Crippen molar-refractivity contribution in [2.45, 2.75) is 57.8 Å². The van der Waals surface area contributed by atoms with Gasteiger partial charge in [0.15, 0.2) is 0 Å². The Morgan fingerprint density at radius 3 is 2.80 bits per heavy atom. The number of rotatable bonds is 2. The van der Waals surface area contributed by atoms with E-state index >= 15 is 0 Å². The molecular weight excluding hydrogens is 316 g/mol. The van der Waals surface area contributed by atoms with Crippen molar-refractivity contribution >= 4 is 5.97 Å². The number of methoxy groups -OCH3 is 1. The van der Waals surface area contributed by atoms with Crippen LogP contribution in [0, 0.1) is 5.92 Å². The number of phenols is 1. The summed E-state index contributed by atoms with van der Waals surface area (Å²) in [6.45, 7) is 6.90. The summed E-state index contributed by atoms with van der Waals surface area (Å²) in [4.78, 5) is 12.0. The Labute approximate surface area is 148 Å². The van der Waals surface area contributed by atoms with Crippen LogP contribution in [0.25, 0.3) is 0 Å². The molecule has 4 rings (SSSR count). The minimum atomic E-state index is -0.173. The SMILES string of the molecule is COc1c(C(C)C)cc(O)c2c1CCC1C3=C(CCC21C)C(=O)OC3. The molecule has 0 spiro atoms. The van der Waals surface area contributed by atoms with Crippen molar-refractivity contribution in [2.75, 3.05) is 13.7 Å². The Morgan fingerprint density at radius 2 is 2.12 bits per heavy atom. The van der Waals surface area contributed by atoms with E-state index in [2.05, 4.69) is 20.8 Å². The van der Waals surface area contributed by atoms with Crippen molar-refractivity contribution < 1.29 is 19.4 Å². The third kappa shape index (κ3) is 2.16. The monoisotopic (exact) mass is 342 g/mol. The molecule has 1 aromatic rings. The molecule has 0 radical (unpaired) electrons. The van der Waals surface area contributed by atoms with E-state index in [0.717, 1.165) is 59.3 Å². The number of esters is 1. The molecule has 25 heavy (non-hydrogen) atoms.